The molecule has 2 atom stereocenters. The first-order valence-corrected chi connectivity index (χ1v) is 7.59. The zero-order valence-electron chi connectivity index (χ0n) is 12.7. The number of hydrogen-bond donors (Lipinski definition) is 1. The van der Waals surface area contributed by atoms with Gasteiger partial charge in [-0.3, -0.25) is 4.90 Å². The summed E-state index contributed by atoms with van der Waals surface area (Å²) < 4.78 is 5.51. The van der Waals surface area contributed by atoms with E-state index in [1.165, 1.54) is 12.8 Å². The maximum Gasteiger partial charge on any atom is 0.117 e. The van der Waals surface area contributed by atoms with E-state index in [9.17, 15) is 0 Å². The minimum absolute atomic E-state index is 0.564. The van der Waals surface area contributed by atoms with Crippen molar-refractivity contribution in [2.45, 2.75) is 65.2 Å². The number of rotatable bonds is 8. The van der Waals surface area contributed by atoms with Crippen LogP contribution in [0.3, 0.4) is 0 Å². The Morgan fingerprint density at radius 2 is 2.05 bits per heavy atom. The smallest absolute Gasteiger partial charge is 0.117 e. The third-order valence-electron chi connectivity index (χ3n) is 4.13. The van der Waals surface area contributed by atoms with Crippen LogP contribution in [0.5, 0.6) is 0 Å². The molecule has 0 aromatic carbocycles. The van der Waals surface area contributed by atoms with Gasteiger partial charge < -0.3 is 9.73 Å². The van der Waals surface area contributed by atoms with Gasteiger partial charge in [0, 0.05) is 18.1 Å². The third-order valence-corrected chi connectivity index (χ3v) is 4.13. The van der Waals surface area contributed by atoms with Gasteiger partial charge in [-0.25, -0.2) is 0 Å². The van der Waals surface area contributed by atoms with E-state index in [2.05, 4.69) is 44.0 Å². The lowest BCUT2D eigenvalue weighted by molar-refractivity contribution is 0.131. The molecule has 0 bridgehead atoms. The van der Waals surface area contributed by atoms with Gasteiger partial charge in [0.05, 0.1) is 12.8 Å². The van der Waals surface area contributed by atoms with Crippen LogP contribution in [-0.4, -0.2) is 29.6 Å². The first-order chi connectivity index (χ1) is 9.08. The molecule has 1 aliphatic rings. The molecule has 1 aromatic heterocycles. The second-order valence-electron chi connectivity index (χ2n) is 6.26. The van der Waals surface area contributed by atoms with Crippen molar-refractivity contribution in [3.8, 4) is 0 Å². The van der Waals surface area contributed by atoms with E-state index < -0.39 is 0 Å². The predicted octanol–water partition coefficient (Wildman–Crippen LogP) is 3.27. The van der Waals surface area contributed by atoms with Crippen LogP contribution in [0.15, 0.2) is 22.8 Å². The fourth-order valence-electron chi connectivity index (χ4n) is 2.51. The van der Waals surface area contributed by atoms with Crippen LogP contribution in [0, 0.1) is 5.92 Å². The molecule has 2 rings (SSSR count). The molecule has 1 saturated carbocycles. The second-order valence-corrected chi connectivity index (χ2v) is 6.26. The average Bonchev–Trinajstić information content (AvgIpc) is 3.09. The number of hydrogen-bond acceptors (Lipinski definition) is 3. The molecule has 1 N–H and O–H groups in total. The molecule has 108 valence electrons. The van der Waals surface area contributed by atoms with Crippen LogP contribution >= 0.6 is 0 Å². The van der Waals surface area contributed by atoms with Crippen LogP contribution in [0.4, 0.5) is 0 Å². The summed E-state index contributed by atoms with van der Waals surface area (Å²) in [6.07, 6.45) is 4.46. The van der Waals surface area contributed by atoms with E-state index in [0.717, 1.165) is 24.9 Å². The van der Waals surface area contributed by atoms with Crippen LogP contribution in [0.1, 0.15) is 46.3 Å². The van der Waals surface area contributed by atoms with Crippen molar-refractivity contribution in [1.82, 2.24) is 10.2 Å². The molecular formula is C16H28N2O. The molecule has 3 heteroatoms. The van der Waals surface area contributed by atoms with Crippen molar-refractivity contribution < 1.29 is 4.42 Å². The lowest BCUT2D eigenvalue weighted by Crippen LogP contribution is -2.43. The summed E-state index contributed by atoms with van der Waals surface area (Å²) in [5, 5.41) is 3.55. The molecule has 0 radical (unpaired) electrons. The highest BCUT2D eigenvalue weighted by Gasteiger charge is 2.34. The highest BCUT2D eigenvalue weighted by atomic mass is 16.3. The van der Waals surface area contributed by atoms with Crippen LogP contribution in [0.25, 0.3) is 0 Å². The van der Waals surface area contributed by atoms with Gasteiger partial charge in [0.15, 0.2) is 0 Å². The van der Waals surface area contributed by atoms with Crippen LogP contribution in [0.2, 0.25) is 0 Å². The summed E-state index contributed by atoms with van der Waals surface area (Å²) in [6.45, 7) is 11.1. The summed E-state index contributed by atoms with van der Waals surface area (Å²) in [4.78, 5) is 2.62. The van der Waals surface area contributed by atoms with E-state index in [1.807, 2.05) is 6.07 Å². The highest BCUT2D eigenvalue weighted by Crippen LogP contribution is 2.32. The van der Waals surface area contributed by atoms with Gasteiger partial charge in [-0.2, -0.15) is 0 Å². The number of furan rings is 1. The first kappa shape index (κ1) is 14.6. The van der Waals surface area contributed by atoms with Gasteiger partial charge >= 0.3 is 0 Å². The maximum atomic E-state index is 5.51. The van der Waals surface area contributed by atoms with Crippen molar-refractivity contribution in [1.29, 1.82) is 0 Å². The Labute approximate surface area is 117 Å². The topological polar surface area (TPSA) is 28.4 Å². The average molecular weight is 264 g/mol. The predicted molar refractivity (Wildman–Crippen MR) is 79.0 cm³/mol. The first-order valence-electron chi connectivity index (χ1n) is 7.59. The van der Waals surface area contributed by atoms with E-state index in [1.54, 1.807) is 6.26 Å². The summed E-state index contributed by atoms with van der Waals surface area (Å²) in [5.41, 5.74) is 0. The zero-order valence-corrected chi connectivity index (χ0v) is 12.7. The fraction of sp³-hybridized carbons (Fsp3) is 0.750. The van der Waals surface area contributed by atoms with Crippen molar-refractivity contribution >= 4 is 0 Å². The Balaban J connectivity index is 1.90. The van der Waals surface area contributed by atoms with E-state index in [4.69, 9.17) is 4.42 Å². The summed E-state index contributed by atoms with van der Waals surface area (Å²) in [7, 11) is 0. The molecule has 0 aliphatic heterocycles. The maximum absolute atomic E-state index is 5.51. The number of nitrogens with one attached hydrogen (secondary N) is 1. The molecule has 0 saturated heterocycles. The molecule has 1 aliphatic carbocycles. The zero-order chi connectivity index (χ0) is 13.8. The molecule has 0 amide bonds. The van der Waals surface area contributed by atoms with Gasteiger partial charge in [-0.05, 0) is 44.4 Å². The molecule has 1 heterocycles. The van der Waals surface area contributed by atoms with Gasteiger partial charge in [-0.1, -0.05) is 20.8 Å². The summed E-state index contributed by atoms with van der Waals surface area (Å²) in [5.74, 6) is 1.74. The normalized spacial score (nSPS) is 19.1. The molecule has 1 aromatic rings. The molecule has 1 fully saturated rings. The molecule has 3 nitrogen and oxygen atoms in total. The van der Waals surface area contributed by atoms with E-state index >= 15 is 0 Å². The van der Waals surface area contributed by atoms with Gasteiger partial charge in [0.1, 0.15) is 5.76 Å². The Kier molecular flexibility index (Phi) is 5.06. The second kappa shape index (κ2) is 6.58. The monoisotopic (exact) mass is 264 g/mol. The van der Waals surface area contributed by atoms with Crippen molar-refractivity contribution in [2.24, 2.45) is 5.92 Å². The Bertz CT molecular complexity index is 357. The minimum atomic E-state index is 0.564. The van der Waals surface area contributed by atoms with Gasteiger partial charge in [0.25, 0.3) is 0 Å². The highest BCUT2D eigenvalue weighted by molar-refractivity contribution is 5.01. The largest absolute Gasteiger partial charge is 0.468 e. The van der Waals surface area contributed by atoms with Gasteiger partial charge in [-0.15, -0.1) is 0 Å². The Morgan fingerprint density at radius 1 is 1.32 bits per heavy atom. The summed E-state index contributed by atoms with van der Waals surface area (Å²) in [6, 6.07) is 5.98. The third kappa shape index (κ3) is 4.36. The molecule has 2 unspecified atom stereocenters. The summed E-state index contributed by atoms with van der Waals surface area (Å²) >= 11 is 0. The van der Waals surface area contributed by atoms with E-state index in [0.29, 0.717) is 18.0 Å². The SMILES string of the molecule is CC(C)NCC(C)C(C)N(Cc1ccco1)C1CC1. The van der Waals surface area contributed by atoms with Crippen molar-refractivity contribution in [3.63, 3.8) is 0 Å². The quantitative estimate of drug-likeness (QED) is 0.781. The minimum Gasteiger partial charge on any atom is -0.468 e. The lowest BCUT2D eigenvalue weighted by Gasteiger charge is -2.33. The standard InChI is InChI=1S/C16H28N2O/c1-12(2)17-10-13(3)14(4)18(15-7-8-15)11-16-6-5-9-19-16/h5-6,9,12-15,17H,7-8,10-11H2,1-4H3. The van der Waals surface area contributed by atoms with E-state index in [-0.39, 0.29) is 0 Å². The van der Waals surface area contributed by atoms with Crippen LogP contribution < -0.4 is 5.32 Å². The Hall–Kier alpha value is -0.800. The Morgan fingerprint density at radius 3 is 2.58 bits per heavy atom. The van der Waals surface area contributed by atoms with Crippen LogP contribution in [-0.2, 0) is 6.54 Å². The van der Waals surface area contributed by atoms with Gasteiger partial charge in [0.2, 0.25) is 0 Å². The van der Waals surface area contributed by atoms with Crippen molar-refractivity contribution in [3.05, 3.63) is 24.2 Å². The molecular weight excluding hydrogens is 236 g/mol. The molecule has 0 spiro atoms. The lowest BCUT2D eigenvalue weighted by atomic mass is 10.0. The fourth-order valence-corrected chi connectivity index (χ4v) is 2.51. The van der Waals surface area contributed by atoms with Crippen molar-refractivity contribution in [2.75, 3.05) is 6.54 Å². The molecule has 19 heavy (non-hydrogen) atoms. The number of nitrogens with zero attached hydrogens (tertiary/aromatic N) is 1.